The molecule has 2 atom stereocenters. The average molecular weight is 144 g/mol. The number of hydrogen-bond acceptors (Lipinski definition) is 2. The Balaban J connectivity index is 3.93. The van der Waals surface area contributed by atoms with Gasteiger partial charge in [-0.25, -0.2) is 0 Å². The third-order valence-corrected chi connectivity index (χ3v) is 1.66. The molecule has 0 aromatic carbocycles. The van der Waals surface area contributed by atoms with Crippen LogP contribution in [0, 0.1) is 5.92 Å². The highest BCUT2D eigenvalue weighted by atomic mass is 16.1. The van der Waals surface area contributed by atoms with Gasteiger partial charge >= 0.3 is 0 Å². The van der Waals surface area contributed by atoms with Crippen molar-refractivity contribution < 1.29 is 4.79 Å². The highest BCUT2D eigenvalue weighted by molar-refractivity contribution is 5.78. The Labute approximate surface area is 62.0 Å². The van der Waals surface area contributed by atoms with Crippen molar-refractivity contribution in [2.45, 2.75) is 26.3 Å². The first-order valence-electron chi connectivity index (χ1n) is 3.60. The molecule has 0 aromatic heterocycles. The topological polar surface area (TPSA) is 55.1 Å². The predicted molar refractivity (Wildman–Crippen MR) is 41.5 cm³/mol. The van der Waals surface area contributed by atoms with Crippen LogP contribution in [0.1, 0.15) is 20.3 Å². The van der Waals surface area contributed by atoms with E-state index < -0.39 is 0 Å². The zero-order valence-corrected chi connectivity index (χ0v) is 6.85. The molecule has 0 bridgehead atoms. The fourth-order valence-corrected chi connectivity index (χ4v) is 0.981. The molecule has 0 radical (unpaired) electrons. The van der Waals surface area contributed by atoms with E-state index in [1.165, 1.54) is 0 Å². The van der Waals surface area contributed by atoms with Crippen LogP contribution in [-0.2, 0) is 4.79 Å². The number of rotatable bonds is 3. The van der Waals surface area contributed by atoms with Crippen LogP contribution >= 0.6 is 0 Å². The third-order valence-electron chi connectivity index (χ3n) is 1.66. The van der Waals surface area contributed by atoms with E-state index in [0.717, 1.165) is 6.42 Å². The maximum Gasteiger partial charge on any atom is 0.224 e. The average Bonchev–Trinajstić information content (AvgIpc) is 1.88. The lowest BCUT2D eigenvalue weighted by atomic mass is 9.98. The van der Waals surface area contributed by atoms with Gasteiger partial charge in [0.15, 0.2) is 0 Å². The van der Waals surface area contributed by atoms with Crippen molar-refractivity contribution in [3.8, 4) is 0 Å². The summed E-state index contributed by atoms with van der Waals surface area (Å²) < 4.78 is 0. The summed E-state index contributed by atoms with van der Waals surface area (Å²) in [6.45, 7) is 3.81. The highest BCUT2D eigenvalue weighted by Crippen LogP contribution is 2.05. The van der Waals surface area contributed by atoms with Gasteiger partial charge in [0.25, 0.3) is 0 Å². The SMILES string of the molecule is CCC(C(=O)NC)C(C)N. The van der Waals surface area contributed by atoms with Crippen molar-refractivity contribution in [3.63, 3.8) is 0 Å². The standard InChI is InChI=1S/C7H16N2O/c1-4-6(5(2)8)7(10)9-3/h5-6H,4,8H2,1-3H3,(H,9,10). The van der Waals surface area contributed by atoms with E-state index >= 15 is 0 Å². The molecule has 3 N–H and O–H groups in total. The molecular formula is C7H16N2O. The minimum absolute atomic E-state index is 0.0370. The minimum atomic E-state index is -0.0510. The fourth-order valence-electron chi connectivity index (χ4n) is 0.981. The molecule has 10 heavy (non-hydrogen) atoms. The number of nitrogens with one attached hydrogen (secondary N) is 1. The van der Waals surface area contributed by atoms with Crippen LogP contribution in [0.25, 0.3) is 0 Å². The molecule has 0 rings (SSSR count). The van der Waals surface area contributed by atoms with E-state index in [4.69, 9.17) is 5.73 Å². The molecule has 60 valence electrons. The Morgan fingerprint density at radius 2 is 2.20 bits per heavy atom. The largest absolute Gasteiger partial charge is 0.359 e. The van der Waals surface area contributed by atoms with Gasteiger partial charge in [-0.05, 0) is 13.3 Å². The van der Waals surface area contributed by atoms with Gasteiger partial charge in [-0.15, -0.1) is 0 Å². The van der Waals surface area contributed by atoms with Crippen LogP contribution in [0.2, 0.25) is 0 Å². The van der Waals surface area contributed by atoms with E-state index in [9.17, 15) is 4.79 Å². The molecule has 1 amide bonds. The van der Waals surface area contributed by atoms with E-state index in [0.29, 0.717) is 0 Å². The summed E-state index contributed by atoms with van der Waals surface area (Å²) >= 11 is 0. The normalized spacial score (nSPS) is 16.0. The summed E-state index contributed by atoms with van der Waals surface area (Å²) in [4.78, 5) is 11.0. The second-order valence-electron chi connectivity index (χ2n) is 2.49. The van der Waals surface area contributed by atoms with Crippen LogP contribution in [0.15, 0.2) is 0 Å². The Morgan fingerprint density at radius 1 is 1.70 bits per heavy atom. The van der Waals surface area contributed by atoms with Gasteiger partial charge in [-0.2, -0.15) is 0 Å². The maximum absolute atomic E-state index is 11.0. The molecule has 0 spiro atoms. The first kappa shape index (κ1) is 9.43. The van der Waals surface area contributed by atoms with E-state index in [2.05, 4.69) is 5.32 Å². The zero-order chi connectivity index (χ0) is 8.15. The summed E-state index contributed by atoms with van der Waals surface area (Å²) in [6.07, 6.45) is 0.803. The van der Waals surface area contributed by atoms with Gasteiger partial charge in [0, 0.05) is 13.1 Å². The summed E-state index contributed by atoms with van der Waals surface area (Å²) in [5.41, 5.74) is 5.56. The highest BCUT2D eigenvalue weighted by Gasteiger charge is 2.18. The van der Waals surface area contributed by atoms with Gasteiger partial charge in [-0.1, -0.05) is 6.92 Å². The van der Waals surface area contributed by atoms with Crippen molar-refractivity contribution in [1.82, 2.24) is 5.32 Å². The molecule has 0 aliphatic heterocycles. The molecule has 0 heterocycles. The molecule has 3 heteroatoms. The van der Waals surface area contributed by atoms with Crippen molar-refractivity contribution in [1.29, 1.82) is 0 Å². The Hall–Kier alpha value is -0.570. The smallest absolute Gasteiger partial charge is 0.224 e. The molecule has 0 saturated carbocycles. The van der Waals surface area contributed by atoms with Gasteiger partial charge in [0.2, 0.25) is 5.91 Å². The van der Waals surface area contributed by atoms with Crippen LogP contribution in [0.4, 0.5) is 0 Å². The van der Waals surface area contributed by atoms with Gasteiger partial charge < -0.3 is 11.1 Å². The van der Waals surface area contributed by atoms with Gasteiger partial charge in [0.1, 0.15) is 0 Å². The Bertz CT molecular complexity index is 112. The van der Waals surface area contributed by atoms with Gasteiger partial charge in [-0.3, -0.25) is 4.79 Å². The number of hydrogen-bond donors (Lipinski definition) is 2. The van der Waals surface area contributed by atoms with Gasteiger partial charge in [0.05, 0.1) is 5.92 Å². The van der Waals surface area contributed by atoms with Crippen molar-refractivity contribution >= 4 is 5.91 Å². The number of carbonyl (C=O) groups is 1. The minimum Gasteiger partial charge on any atom is -0.359 e. The summed E-state index contributed by atoms with van der Waals surface area (Å²) in [6, 6.07) is -0.0510. The second kappa shape index (κ2) is 4.28. The molecule has 0 aliphatic rings. The Morgan fingerprint density at radius 3 is 2.30 bits per heavy atom. The first-order chi connectivity index (χ1) is 4.63. The van der Waals surface area contributed by atoms with E-state index in [1.54, 1.807) is 7.05 Å². The lowest BCUT2D eigenvalue weighted by Gasteiger charge is -2.16. The van der Waals surface area contributed by atoms with Crippen LogP contribution in [-0.4, -0.2) is 19.0 Å². The fraction of sp³-hybridized carbons (Fsp3) is 0.857. The molecule has 0 saturated heterocycles. The van der Waals surface area contributed by atoms with Crippen molar-refractivity contribution in [2.24, 2.45) is 11.7 Å². The molecule has 2 unspecified atom stereocenters. The molecule has 0 fully saturated rings. The third kappa shape index (κ3) is 2.35. The molecule has 0 aromatic rings. The lowest BCUT2D eigenvalue weighted by molar-refractivity contribution is -0.125. The van der Waals surface area contributed by atoms with Crippen molar-refractivity contribution in [2.75, 3.05) is 7.05 Å². The van der Waals surface area contributed by atoms with Crippen LogP contribution < -0.4 is 11.1 Å². The first-order valence-corrected chi connectivity index (χ1v) is 3.60. The summed E-state index contributed by atoms with van der Waals surface area (Å²) in [5.74, 6) is 0.00231. The van der Waals surface area contributed by atoms with Crippen LogP contribution in [0.3, 0.4) is 0 Å². The number of carbonyl (C=O) groups excluding carboxylic acids is 1. The zero-order valence-electron chi connectivity index (χ0n) is 6.85. The molecule has 0 aliphatic carbocycles. The quantitative estimate of drug-likeness (QED) is 0.590. The molecule has 3 nitrogen and oxygen atoms in total. The lowest BCUT2D eigenvalue weighted by Crippen LogP contribution is -2.38. The summed E-state index contributed by atoms with van der Waals surface area (Å²) in [7, 11) is 1.63. The maximum atomic E-state index is 11.0. The number of amides is 1. The monoisotopic (exact) mass is 144 g/mol. The molecular weight excluding hydrogens is 128 g/mol. The predicted octanol–water partition coefficient (Wildman–Crippen LogP) is 0.106. The second-order valence-corrected chi connectivity index (χ2v) is 2.49. The number of nitrogens with two attached hydrogens (primary N) is 1. The van der Waals surface area contributed by atoms with Crippen LogP contribution in [0.5, 0.6) is 0 Å². The van der Waals surface area contributed by atoms with E-state index in [1.807, 2.05) is 13.8 Å². The summed E-state index contributed by atoms with van der Waals surface area (Å²) in [5, 5.41) is 2.58. The van der Waals surface area contributed by atoms with Crippen molar-refractivity contribution in [3.05, 3.63) is 0 Å². The van der Waals surface area contributed by atoms with E-state index in [-0.39, 0.29) is 17.9 Å². The Kier molecular flexibility index (Phi) is 4.03.